The van der Waals surface area contributed by atoms with E-state index in [0.717, 1.165) is 31.4 Å². The fourth-order valence-corrected chi connectivity index (χ4v) is 4.45. The summed E-state index contributed by atoms with van der Waals surface area (Å²) in [4.78, 5) is 12.6. The normalized spacial score (nSPS) is 20.2. The fourth-order valence-electron chi connectivity index (χ4n) is 3.69. The van der Waals surface area contributed by atoms with Crippen molar-refractivity contribution in [2.24, 2.45) is 5.92 Å². The van der Waals surface area contributed by atoms with E-state index in [1.54, 1.807) is 36.4 Å². The summed E-state index contributed by atoms with van der Waals surface area (Å²) < 4.78 is 23.1. The van der Waals surface area contributed by atoms with Gasteiger partial charge in [-0.05, 0) is 79.5 Å². The highest BCUT2D eigenvalue weighted by atomic mass is 35.5. The summed E-state index contributed by atoms with van der Waals surface area (Å²) in [6, 6.07) is 14.4. The number of hydrogen-bond donors (Lipinski definition) is 1. The molecule has 1 N–H and O–H groups in total. The van der Waals surface area contributed by atoms with E-state index >= 15 is 0 Å². The summed E-state index contributed by atoms with van der Waals surface area (Å²) in [5, 5.41) is 3.57. The Bertz CT molecular complexity index is 884. The summed E-state index contributed by atoms with van der Waals surface area (Å²) in [5.74, 6) is 0.872. The van der Waals surface area contributed by atoms with Gasteiger partial charge in [0.1, 0.15) is 0 Å². The first kappa shape index (κ1) is 19.9. The van der Waals surface area contributed by atoms with E-state index in [0.29, 0.717) is 28.2 Å². The first-order chi connectivity index (χ1) is 12.8. The highest BCUT2D eigenvalue weighted by molar-refractivity contribution is 7.90. The monoisotopic (exact) mass is 405 g/mol. The van der Waals surface area contributed by atoms with E-state index in [1.165, 1.54) is 11.8 Å². The zero-order valence-electron chi connectivity index (χ0n) is 15.3. The number of halogens is 1. The van der Waals surface area contributed by atoms with Crippen LogP contribution in [0.5, 0.6) is 0 Å². The molecule has 3 rings (SSSR count). The number of nitrogens with one attached hydrogen (secondary N) is 1. The van der Waals surface area contributed by atoms with Crippen LogP contribution in [-0.4, -0.2) is 20.6 Å². The number of sulfone groups is 1. The van der Waals surface area contributed by atoms with Gasteiger partial charge in [-0.2, -0.15) is 0 Å². The van der Waals surface area contributed by atoms with Gasteiger partial charge < -0.3 is 5.32 Å². The fraction of sp³-hybridized carbons (Fsp3) is 0.381. The third kappa shape index (κ3) is 5.56. The van der Waals surface area contributed by atoms with Gasteiger partial charge >= 0.3 is 0 Å². The molecule has 27 heavy (non-hydrogen) atoms. The molecule has 1 aliphatic carbocycles. The highest BCUT2D eigenvalue weighted by Gasteiger charge is 2.24. The molecular weight excluding hydrogens is 382 g/mol. The zero-order valence-corrected chi connectivity index (χ0v) is 16.9. The van der Waals surface area contributed by atoms with Crippen LogP contribution in [-0.2, 0) is 14.6 Å². The van der Waals surface area contributed by atoms with Crippen molar-refractivity contribution >= 4 is 33.0 Å². The lowest BCUT2D eigenvalue weighted by Crippen LogP contribution is -2.20. The first-order valence-electron chi connectivity index (χ1n) is 9.17. The molecule has 0 heterocycles. The maximum atomic E-state index is 12.2. The maximum Gasteiger partial charge on any atom is 0.224 e. The third-order valence-electron chi connectivity index (χ3n) is 5.23. The van der Waals surface area contributed by atoms with Crippen LogP contribution in [0, 0.1) is 5.92 Å². The molecule has 2 aromatic rings. The van der Waals surface area contributed by atoms with E-state index < -0.39 is 9.84 Å². The number of rotatable bonds is 5. The zero-order chi connectivity index (χ0) is 19.4. The molecule has 0 radical (unpaired) electrons. The predicted octanol–water partition coefficient (Wildman–Crippen LogP) is 5.05. The second kappa shape index (κ2) is 8.44. The highest BCUT2D eigenvalue weighted by Crippen LogP contribution is 2.37. The summed E-state index contributed by atoms with van der Waals surface area (Å²) in [6.07, 6.45) is 5.82. The second-order valence-electron chi connectivity index (χ2n) is 7.32. The van der Waals surface area contributed by atoms with Crippen LogP contribution in [0.15, 0.2) is 53.4 Å². The van der Waals surface area contributed by atoms with Gasteiger partial charge in [-0.3, -0.25) is 4.79 Å². The number of amides is 1. The van der Waals surface area contributed by atoms with Crippen molar-refractivity contribution in [2.75, 3.05) is 11.6 Å². The van der Waals surface area contributed by atoms with Gasteiger partial charge in [0.15, 0.2) is 9.84 Å². The molecule has 0 bridgehead atoms. The smallest absolute Gasteiger partial charge is 0.224 e. The number of anilines is 1. The van der Waals surface area contributed by atoms with Crippen molar-refractivity contribution in [3.63, 3.8) is 0 Å². The molecule has 1 saturated carbocycles. The molecule has 6 heteroatoms. The quantitative estimate of drug-likeness (QED) is 0.757. The number of hydrogen-bond acceptors (Lipinski definition) is 3. The third-order valence-corrected chi connectivity index (χ3v) is 6.61. The first-order valence-corrected chi connectivity index (χ1v) is 11.4. The molecule has 4 nitrogen and oxygen atoms in total. The van der Waals surface area contributed by atoms with Crippen LogP contribution in [0.25, 0.3) is 0 Å². The molecular formula is C21H24ClNO3S. The molecule has 0 atom stereocenters. The lowest BCUT2D eigenvalue weighted by Gasteiger charge is -2.28. The van der Waals surface area contributed by atoms with Crippen molar-refractivity contribution < 1.29 is 13.2 Å². The number of benzene rings is 2. The largest absolute Gasteiger partial charge is 0.326 e. The van der Waals surface area contributed by atoms with Crippen LogP contribution in [0.1, 0.15) is 43.6 Å². The maximum absolute atomic E-state index is 12.2. The molecule has 1 aliphatic rings. The number of carbonyl (C=O) groups is 1. The lowest BCUT2D eigenvalue weighted by atomic mass is 9.77. The Morgan fingerprint density at radius 3 is 2.15 bits per heavy atom. The van der Waals surface area contributed by atoms with Gasteiger partial charge in [-0.15, -0.1) is 0 Å². The molecule has 144 valence electrons. The predicted molar refractivity (Wildman–Crippen MR) is 109 cm³/mol. The Kier molecular flexibility index (Phi) is 6.22. The average molecular weight is 406 g/mol. The van der Waals surface area contributed by atoms with Crippen molar-refractivity contribution in [3.8, 4) is 0 Å². The molecule has 2 aromatic carbocycles. The Hall–Kier alpha value is -1.85. The van der Waals surface area contributed by atoms with E-state index in [2.05, 4.69) is 5.32 Å². The minimum atomic E-state index is -3.15. The minimum absolute atomic E-state index is 0.0401. The Morgan fingerprint density at radius 2 is 1.59 bits per heavy atom. The molecule has 0 aliphatic heterocycles. The standard InChI is InChI=1S/C21H24ClNO3S/c1-27(25,26)20-12-6-17(7-13-20)16-4-2-15(3-5-16)14-21(24)23-19-10-8-18(22)9-11-19/h6-13,15-16H,2-5,14H2,1H3,(H,23,24)/t15-,16-. The molecule has 0 unspecified atom stereocenters. The second-order valence-corrected chi connectivity index (χ2v) is 9.77. The van der Waals surface area contributed by atoms with Gasteiger partial charge in [-0.1, -0.05) is 23.7 Å². The summed E-state index contributed by atoms with van der Waals surface area (Å²) in [5.41, 5.74) is 1.95. The van der Waals surface area contributed by atoms with Crippen molar-refractivity contribution in [1.29, 1.82) is 0 Å². The van der Waals surface area contributed by atoms with E-state index in [9.17, 15) is 13.2 Å². The SMILES string of the molecule is CS(=O)(=O)c1ccc([C@H]2CC[C@H](CC(=O)Nc3ccc(Cl)cc3)CC2)cc1. The van der Waals surface area contributed by atoms with Gasteiger partial charge in [-0.25, -0.2) is 8.42 Å². The van der Waals surface area contributed by atoms with Crippen LogP contribution in [0.2, 0.25) is 5.02 Å². The summed E-state index contributed by atoms with van der Waals surface area (Å²) in [7, 11) is -3.15. The summed E-state index contributed by atoms with van der Waals surface area (Å²) in [6.45, 7) is 0. The molecule has 1 amide bonds. The molecule has 0 aromatic heterocycles. The Labute approximate surface area is 165 Å². The molecule has 0 saturated heterocycles. The van der Waals surface area contributed by atoms with E-state index in [4.69, 9.17) is 11.6 Å². The number of carbonyl (C=O) groups excluding carboxylic acids is 1. The van der Waals surface area contributed by atoms with Crippen molar-refractivity contribution in [3.05, 3.63) is 59.1 Å². The van der Waals surface area contributed by atoms with Gasteiger partial charge in [0.2, 0.25) is 5.91 Å². The summed E-state index contributed by atoms with van der Waals surface area (Å²) >= 11 is 5.86. The van der Waals surface area contributed by atoms with Crippen molar-refractivity contribution in [2.45, 2.75) is 42.9 Å². The lowest BCUT2D eigenvalue weighted by molar-refractivity contribution is -0.117. The molecule has 0 spiro atoms. The minimum Gasteiger partial charge on any atom is -0.326 e. The molecule has 1 fully saturated rings. The van der Waals surface area contributed by atoms with Crippen molar-refractivity contribution in [1.82, 2.24) is 0 Å². The average Bonchev–Trinajstić information content (AvgIpc) is 2.64. The van der Waals surface area contributed by atoms with Crippen LogP contribution in [0.3, 0.4) is 0 Å². The van der Waals surface area contributed by atoms with Crippen LogP contribution in [0.4, 0.5) is 5.69 Å². The van der Waals surface area contributed by atoms with Gasteiger partial charge in [0.25, 0.3) is 0 Å². The Morgan fingerprint density at radius 1 is 1.00 bits per heavy atom. The van der Waals surface area contributed by atoms with Crippen LogP contribution < -0.4 is 5.32 Å². The topological polar surface area (TPSA) is 63.2 Å². The van der Waals surface area contributed by atoms with Crippen LogP contribution >= 0.6 is 11.6 Å². The van der Waals surface area contributed by atoms with Gasteiger partial charge in [0, 0.05) is 23.4 Å². The Balaban J connectivity index is 1.50. The van der Waals surface area contributed by atoms with Gasteiger partial charge in [0.05, 0.1) is 4.90 Å². The van der Waals surface area contributed by atoms with E-state index in [-0.39, 0.29) is 5.91 Å². The van der Waals surface area contributed by atoms with E-state index in [1.807, 2.05) is 12.1 Å².